The number of aromatic hydroxyl groups is 1. The predicted octanol–water partition coefficient (Wildman–Crippen LogP) is 4.69. The Labute approximate surface area is 184 Å². The maximum atomic E-state index is 13.0. The van der Waals surface area contributed by atoms with E-state index in [0.717, 1.165) is 6.42 Å². The first-order valence-electron chi connectivity index (χ1n) is 10.7. The van der Waals surface area contributed by atoms with Gasteiger partial charge in [-0.1, -0.05) is 44.2 Å². The molecule has 3 rings (SSSR count). The van der Waals surface area contributed by atoms with Gasteiger partial charge in [0.05, 0.1) is 0 Å². The van der Waals surface area contributed by atoms with Crippen molar-refractivity contribution in [2.75, 3.05) is 13.1 Å². The SMILES string of the molecule is CC(C)(CC(=O)N1CCC(c2ccc(O)cc2)C(C)(C)C1)NC(=O)Oc1ccccc1. The minimum Gasteiger partial charge on any atom is -0.508 e. The number of benzene rings is 2. The van der Waals surface area contributed by atoms with Crippen molar-refractivity contribution < 1.29 is 19.4 Å². The van der Waals surface area contributed by atoms with Gasteiger partial charge in [-0.15, -0.1) is 0 Å². The van der Waals surface area contributed by atoms with E-state index in [1.54, 1.807) is 36.4 Å². The summed E-state index contributed by atoms with van der Waals surface area (Å²) in [5.74, 6) is 1.04. The van der Waals surface area contributed by atoms with Crippen LogP contribution in [0.3, 0.4) is 0 Å². The van der Waals surface area contributed by atoms with Gasteiger partial charge < -0.3 is 20.1 Å². The second-order valence-corrected chi connectivity index (χ2v) is 9.62. The number of amides is 2. The van der Waals surface area contributed by atoms with Crippen molar-refractivity contribution in [3.05, 3.63) is 60.2 Å². The van der Waals surface area contributed by atoms with Gasteiger partial charge in [-0.25, -0.2) is 4.79 Å². The number of phenolic OH excluding ortho intramolecular Hbond substituents is 1. The van der Waals surface area contributed by atoms with Gasteiger partial charge in [0.15, 0.2) is 0 Å². The van der Waals surface area contributed by atoms with Crippen molar-refractivity contribution in [2.24, 2.45) is 5.41 Å². The number of carbonyl (C=O) groups excluding carboxylic acids is 2. The van der Waals surface area contributed by atoms with Gasteiger partial charge >= 0.3 is 6.09 Å². The Morgan fingerprint density at radius 3 is 2.39 bits per heavy atom. The molecule has 0 bridgehead atoms. The third kappa shape index (κ3) is 6.00. The van der Waals surface area contributed by atoms with Crippen LogP contribution in [0, 0.1) is 5.41 Å². The van der Waals surface area contributed by atoms with E-state index in [-0.39, 0.29) is 23.5 Å². The van der Waals surface area contributed by atoms with E-state index >= 15 is 0 Å². The lowest BCUT2D eigenvalue weighted by Crippen LogP contribution is -2.52. The molecule has 1 aliphatic heterocycles. The molecular weight excluding hydrogens is 392 g/mol. The van der Waals surface area contributed by atoms with Crippen LogP contribution >= 0.6 is 0 Å². The first kappa shape index (κ1) is 22.7. The maximum absolute atomic E-state index is 13.0. The lowest BCUT2D eigenvalue weighted by Gasteiger charge is -2.45. The molecule has 0 aromatic heterocycles. The highest BCUT2D eigenvalue weighted by Gasteiger charge is 2.39. The summed E-state index contributed by atoms with van der Waals surface area (Å²) in [5.41, 5.74) is 0.343. The number of para-hydroxylation sites is 1. The van der Waals surface area contributed by atoms with Gasteiger partial charge in [0, 0.05) is 25.0 Å². The lowest BCUT2D eigenvalue weighted by atomic mass is 9.70. The minimum atomic E-state index is -0.735. The summed E-state index contributed by atoms with van der Waals surface area (Å²) >= 11 is 0. The van der Waals surface area contributed by atoms with E-state index in [0.29, 0.717) is 24.8 Å². The van der Waals surface area contributed by atoms with Crippen molar-refractivity contribution in [3.8, 4) is 11.5 Å². The van der Waals surface area contributed by atoms with E-state index in [9.17, 15) is 14.7 Å². The molecule has 6 heteroatoms. The molecule has 1 heterocycles. The van der Waals surface area contributed by atoms with Crippen molar-refractivity contribution in [3.63, 3.8) is 0 Å². The predicted molar refractivity (Wildman–Crippen MR) is 120 cm³/mol. The molecule has 1 fully saturated rings. The number of hydrogen-bond acceptors (Lipinski definition) is 4. The summed E-state index contributed by atoms with van der Waals surface area (Å²) in [5, 5.41) is 12.4. The Kier molecular flexibility index (Phi) is 6.58. The standard InChI is InChI=1S/C25H32N2O4/c1-24(2)17-27(15-14-21(24)18-10-12-19(28)13-11-18)22(29)16-25(3,4)26-23(30)31-20-8-6-5-7-9-20/h5-13,21,28H,14-17H2,1-4H3,(H,26,30). The second-order valence-electron chi connectivity index (χ2n) is 9.62. The van der Waals surface area contributed by atoms with Crippen LogP contribution in [0.1, 0.15) is 52.0 Å². The van der Waals surface area contributed by atoms with Gasteiger partial charge in [-0.05, 0) is 61.4 Å². The van der Waals surface area contributed by atoms with Crippen LogP contribution in [0.5, 0.6) is 11.5 Å². The van der Waals surface area contributed by atoms with Crippen LogP contribution in [-0.4, -0.2) is 40.6 Å². The smallest absolute Gasteiger partial charge is 0.413 e. The zero-order valence-corrected chi connectivity index (χ0v) is 18.7. The summed E-state index contributed by atoms with van der Waals surface area (Å²) in [6, 6.07) is 16.2. The van der Waals surface area contributed by atoms with Crippen molar-refractivity contribution in [1.29, 1.82) is 0 Å². The molecule has 0 saturated carbocycles. The molecule has 6 nitrogen and oxygen atoms in total. The number of ether oxygens (including phenoxy) is 1. The van der Waals surface area contributed by atoms with E-state index < -0.39 is 11.6 Å². The van der Waals surface area contributed by atoms with Crippen LogP contribution in [0.4, 0.5) is 4.79 Å². The first-order valence-corrected chi connectivity index (χ1v) is 10.7. The third-order valence-corrected chi connectivity index (χ3v) is 5.86. The average Bonchev–Trinajstić information content (AvgIpc) is 2.68. The highest BCUT2D eigenvalue weighted by Crippen LogP contribution is 2.42. The largest absolute Gasteiger partial charge is 0.508 e. The molecule has 2 N–H and O–H groups in total. The van der Waals surface area contributed by atoms with Gasteiger partial charge in [0.2, 0.25) is 5.91 Å². The van der Waals surface area contributed by atoms with Gasteiger partial charge in [0.25, 0.3) is 0 Å². The molecule has 0 spiro atoms. The van der Waals surface area contributed by atoms with Gasteiger partial charge in [-0.2, -0.15) is 0 Å². The summed E-state index contributed by atoms with van der Waals surface area (Å²) in [6.07, 6.45) is 0.472. The molecule has 2 aromatic carbocycles. The van der Waals surface area contributed by atoms with Crippen LogP contribution in [0.25, 0.3) is 0 Å². The quantitative estimate of drug-likeness (QED) is 0.730. The highest BCUT2D eigenvalue weighted by molar-refractivity contribution is 5.79. The fourth-order valence-electron chi connectivity index (χ4n) is 4.33. The minimum absolute atomic E-state index is 0.0160. The molecule has 1 aliphatic rings. The Bertz CT molecular complexity index is 907. The zero-order chi connectivity index (χ0) is 22.6. The molecule has 1 unspecified atom stereocenters. The van der Waals surface area contributed by atoms with Gasteiger partial charge in [-0.3, -0.25) is 4.79 Å². The Morgan fingerprint density at radius 2 is 1.77 bits per heavy atom. The molecule has 166 valence electrons. The maximum Gasteiger partial charge on any atom is 0.413 e. The topological polar surface area (TPSA) is 78.9 Å². The van der Waals surface area contributed by atoms with Crippen molar-refractivity contribution >= 4 is 12.0 Å². The summed E-state index contributed by atoms with van der Waals surface area (Å²) < 4.78 is 5.29. The molecular formula is C25H32N2O4. The molecule has 1 saturated heterocycles. The average molecular weight is 425 g/mol. The first-order chi connectivity index (χ1) is 14.6. The Hall–Kier alpha value is -3.02. The lowest BCUT2D eigenvalue weighted by molar-refractivity contribution is -0.136. The molecule has 2 amide bonds. The second kappa shape index (κ2) is 9.00. The van der Waals surface area contributed by atoms with Crippen molar-refractivity contribution in [1.82, 2.24) is 10.2 Å². The molecule has 1 atom stereocenters. The van der Waals surface area contributed by atoms with E-state index in [1.807, 2.05) is 36.9 Å². The third-order valence-electron chi connectivity index (χ3n) is 5.86. The van der Waals surface area contributed by atoms with Crippen LogP contribution in [-0.2, 0) is 4.79 Å². The van der Waals surface area contributed by atoms with Crippen molar-refractivity contribution in [2.45, 2.75) is 52.0 Å². The van der Waals surface area contributed by atoms with Crippen LogP contribution < -0.4 is 10.1 Å². The van der Waals surface area contributed by atoms with E-state index in [2.05, 4.69) is 19.2 Å². The normalized spacial score (nSPS) is 18.3. The number of rotatable bonds is 5. The number of nitrogens with one attached hydrogen (secondary N) is 1. The monoisotopic (exact) mass is 424 g/mol. The fraction of sp³-hybridized carbons (Fsp3) is 0.440. The highest BCUT2D eigenvalue weighted by atomic mass is 16.6. The number of piperidine rings is 1. The Morgan fingerprint density at radius 1 is 1.13 bits per heavy atom. The van der Waals surface area contributed by atoms with Crippen LogP contribution in [0.2, 0.25) is 0 Å². The van der Waals surface area contributed by atoms with Crippen LogP contribution in [0.15, 0.2) is 54.6 Å². The Balaban J connectivity index is 1.57. The number of hydrogen-bond donors (Lipinski definition) is 2. The summed E-state index contributed by atoms with van der Waals surface area (Å²) in [4.78, 5) is 27.2. The van der Waals surface area contributed by atoms with E-state index in [4.69, 9.17) is 4.74 Å². The number of nitrogens with zero attached hydrogens (tertiary/aromatic N) is 1. The number of likely N-dealkylation sites (tertiary alicyclic amines) is 1. The molecule has 0 radical (unpaired) electrons. The molecule has 31 heavy (non-hydrogen) atoms. The molecule has 2 aromatic rings. The summed E-state index contributed by atoms with van der Waals surface area (Å²) in [7, 11) is 0. The number of phenols is 1. The number of carbonyl (C=O) groups is 2. The molecule has 0 aliphatic carbocycles. The zero-order valence-electron chi connectivity index (χ0n) is 18.7. The van der Waals surface area contributed by atoms with Gasteiger partial charge in [0.1, 0.15) is 11.5 Å². The summed E-state index contributed by atoms with van der Waals surface area (Å²) in [6.45, 7) is 9.30. The van der Waals surface area contributed by atoms with E-state index in [1.165, 1.54) is 5.56 Å². The fourth-order valence-corrected chi connectivity index (χ4v) is 4.33.